The van der Waals surface area contributed by atoms with Crippen LogP contribution in [0, 0.1) is 0 Å². The van der Waals surface area contributed by atoms with Gasteiger partial charge in [-0.2, -0.15) is 0 Å². The summed E-state index contributed by atoms with van der Waals surface area (Å²) in [5.41, 5.74) is 0.795. The Labute approximate surface area is 135 Å². The monoisotopic (exact) mass is 343 g/mol. The standard InChI is InChI=1S/C14H11Cl2NO3S/c15-10-4-2-1-3-9(10)7-17-13(18)8-20-14(19)11-5-6-12(16)21-11/h1-6H,7-8H2,(H,17,18). The van der Waals surface area contributed by atoms with Crippen LogP contribution in [0.1, 0.15) is 15.2 Å². The lowest BCUT2D eigenvalue weighted by molar-refractivity contribution is -0.124. The van der Waals surface area contributed by atoms with Crippen LogP contribution < -0.4 is 5.32 Å². The number of hydrogen-bond donors (Lipinski definition) is 1. The molecule has 0 aliphatic rings. The molecule has 1 aromatic heterocycles. The van der Waals surface area contributed by atoms with Crippen molar-refractivity contribution in [3.63, 3.8) is 0 Å². The summed E-state index contributed by atoms with van der Waals surface area (Å²) in [4.78, 5) is 23.6. The Balaban J connectivity index is 1.78. The summed E-state index contributed by atoms with van der Waals surface area (Å²) >= 11 is 12.8. The van der Waals surface area contributed by atoms with E-state index in [1.807, 2.05) is 18.2 Å². The van der Waals surface area contributed by atoms with Crippen LogP contribution in [0.25, 0.3) is 0 Å². The van der Waals surface area contributed by atoms with E-state index in [1.165, 1.54) is 0 Å². The van der Waals surface area contributed by atoms with Crippen LogP contribution in [0.2, 0.25) is 9.36 Å². The molecule has 1 amide bonds. The number of hydrogen-bond acceptors (Lipinski definition) is 4. The number of benzene rings is 1. The number of nitrogens with one attached hydrogen (secondary N) is 1. The molecule has 0 unspecified atom stereocenters. The van der Waals surface area contributed by atoms with Crippen molar-refractivity contribution in [2.45, 2.75) is 6.54 Å². The van der Waals surface area contributed by atoms with E-state index in [0.717, 1.165) is 16.9 Å². The molecule has 0 saturated heterocycles. The van der Waals surface area contributed by atoms with Gasteiger partial charge in [0.2, 0.25) is 0 Å². The van der Waals surface area contributed by atoms with E-state index in [9.17, 15) is 9.59 Å². The average molecular weight is 344 g/mol. The summed E-state index contributed by atoms with van der Waals surface area (Å²) in [6, 6.07) is 10.3. The van der Waals surface area contributed by atoms with E-state index >= 15 is 0 Å². The molecule has 1 N–H and O–H groups in total. The summed E-state index contributed by atoms with van der Waals surface area (Å²) in [6.45, 7) is -0.0697. The van der Waals surface area contributed by atoms with Crippen molar-refractivity contribution in [1.29, 1.82) is 0 Å². The van der Waals surface area contributed by atoms with E-state index in [4.69, 9.17) is 27.9 Å². The van der Waals surface area contributed by atoms with Gasteiger partial charge in [0.05, 0.1) is 4.34 Å². The Morgan fingerprint density at radius 1 is 1.14 bits per heavy atom. The maximum atomic E-state index is 11.6. The molecule has 0 saturated carbocycles. The summed E-state index contributed by atoms with van der Waals surface area (Å²) in [5, 5.41) is 3.20. The molecule has 1 heterocycles. The van der Waals surface area contributed by atoms with Gasteiger partial charge in [-0.1, -0.05) is 41.4 Å². The average Bonchev–Trinajstić information content (AvgIpc) is 2.90. The molecule has 0 radical (unpaired) electrons. The fourth-order valence-electron chi connectivity index (χ4n) is 1.51. The third-order valence-corrected chi connectivity index (χ3v) is 4.12. The fraction of sp³-hybridized carbons (Fsp3) is 0.143. The minimum atomic E-state index is -0.570. The van der Waals surface area contributed by atoms with Crippen LogP contribution in [0.5, 0.6) is 0 Å². The molecule has 0 fully saturated rings. The summed E-state index contributed by atoms with van der Waals surface area (Å²) in [6.07, 6.45) is 0. The van der Waals surface area contributed by atoms with E-state index in [1.54, 1.807) is 18.2 Å². The topological polar surface area (TPSA) is 55.4 Å². The summed E-state index contributed by atoms with van der Waals surface area (Å²) in [7, 11) is 0. The smallest absolute Gasteiger partial charge is 0.348 e. The first-order chi connectivity index (χ1) is 10.1. The zero-order valence-corrected chi connectivity index (χ0v) is 13.1. The Morgan fingerprint density at radius 2 is 1.90 bits per heavy atom. The van der Waals surface area contributed by atoms with E-state index in [0.29, 0.717) is 14.2 Å². The lowest BCUT2D eigenvalue weighted by atomic mass is 10.2. The molecular weight excluding hydrogens is 333 g/mol. The highest BCUT2D eigenvalue weighted by molar-refractivity contribution is 7.17. The van der Waals surface area contributed by atoms with Gasteiger partial charge in [-0.25, -0.2) is 4.79 Å². The van der Waals surface area contributed by atoms with Crippen LogP contribution in [-0.2, 0) is 16.1 Å². The summed E-state index contributed by atoms with van der Waals surface area (Å²) in [5.74, 6) is -0.967. The summed E-state index contributed by atoms with van der Waals surface area (Å²) < 4.78 is 5.38. The Hall–Kier alpha value is -1.56. The van der Waals surface area contributed by atoms with Crippen molar-refractivity contribution in [1.82, 2.24) is 5.32 Å². The van der Waals surface area contributed by atoms with Gasteiger partial charge in [-0.3, -0.25) is 4.79 Å². The van der Waals surface area contributed by atoms with Gasteiger partial charge in [0.25, 0.3) is 5.91 Å². The minimum Gasteiger partial charge on any atom is -0.451 e. The highest BCUT2D eigenvalue weighted by atomic mass is 35.5. The third kappa shape index (κ3) is 4.74. The SMILES string of the molecule is O=C(COC(=O)c1ccc(Cl)s1)NCc1ccccc1Cl. The van der Waals surface area contributed by atoms with Gasteiger partial charge in [-0.15, -0.1) is 11.3 Å². The maximum absolute atomic E-state index is 11.6. The van der Waals surface area contributed by atoms with Crippen LogP contribution >= 0.6 is 34.5 Å². The first kappa shape index (κ1) is 15.8. The van der Waals surface area contributed by atoms with Crippen molar-refractivity contribution >= 4 is 46.4 Å². The number of carbonyl (C=O) groups excluding carboxylic acids is 2. The van der Waals surface area contributed by atoms with Crippen molar-refractivity contribution in [3.8, 4) is 0 Å². The van der Waals surface area contributed by atoms with Gasteiger partial charge in [0.1, 0.15) is 4.88 Å². The Bertz CT molecular complexity index is 657. The number of esters is 1. The van der Waals surface area contributed by atoms with Crippen molar-refractivity contribution in [2.24, 2.45) is 0 Å². The minimum absolute atomic E-state index is 0.279. The Morgan fingerprint density at radius 3 is 2.57 bits per heavy atom. The molecule has 1 aromatic carbocycles. The first-order valence-corrected chi connectivity index (χ1v) is 7.56. The molecule has 0 aliphatic heterocycles. The van der Waals surface area contributed by atoms with Crippen LogP contribution in [-0.4, -0.2) is 18.5 Å². The number of amides is 1. The first-order valence-electron chi connectivity index (χ1n) is 5.99. The predicted octanol–water partition coefficient (Wildman–Crippen LogP) is 3.53. The molecule has 0 bridgehead atoms. The zero-order chi connectivity index (χ0) is 15.2. The van der Waals surface area contributed by atoms with Gasteiger partial charge < -0.3 is 10.1 Å². The second-order valence-corrected chi connectivity index (χ2v) is 6.17. The van der Waals surface area contributed by atoms with E-state index < -0.39 is 11.9 Å². The number of rotatable bonds is 5. The predicted molar refractivity (Wildman–Crippen MR) is 82.9 cm³/mol. The molecule has 110 valence electrons. The quantitative estimate of drug-likeness (QED) is 0.845. The molecule has 0 atom stereocenters. The second-order valence-electron chi connectivity index (χ2n) is 4.05. The molecular formula is C14H11Cl2NO3S. The molecule has 7 heteroatoms. The lowest BCUT2D eigenvalue weighted by Gasteiger charge is -2.07. The molecule has 21 heavy (non-hydrogen) atoms. The molecule has 0 aliphatic carbocycles. The molecule has 2 rings (SSSR count). The van der Waals surface area contributed by atoms with Crippen LogP contribution in [0.15, 0.2) is 36.4 Å². The fourth-order valence-corrected chi connectivity index (χ4v) is 2.65. The maximum Gasteiger partial charge on any atom is 0.348 e. The second kappa shape index (κ2) is 7.45. The van der Waals surface area contributed by atoms with Gasteiger partial charge in [0, 0.05) is 11.6 Å². The van der Waals surface area contributed by atoms with Crippen molar-refractivity contribution in [3.05, 3.63) is 56.2 Å². The molecule has 0 spiro atoms. The Kier molecular flexibility index (Phi) is 5.61. The largest absolute Gasteiger partial charge is 0.451 e. The van der Waals surface area contributed by atoms with E-state index in [2.05, 4.69) is 5.32 Å². The normalized spacial score (nSPS) is 10.2. The number of carbonyl (C=O) groups is 2. The van der Waals surface area contributed by atoms with Gasteiger partial charge in [-0.05, 0) is 23.8 Å². The van der Waals surface area contributed by atoms with E-state index in [-0.39, 0.29) is 13.2 Å². The van der Waals surface area contributed by atoms with Gasteiger partial charge in [0.15, 0.2) is 6.61 Å². The van der Waals surface area contributed by atoms with Crippen LogP contribution in [0.4, 0.5) is 0 Å². The third-order valence-electron chi connectivity index (χ3n) is 2.54. The van der Waals surface area contributed by atoms with Crippen molar-refractivity contribution in [2.75, 3.05) is 6.61 Å². The van der Waals surface area contributed by atoms with Crippen LogP contribution in [0.3, 0.4) is 0 Å². The van der Waals surface area contributed by atoms with Crippen molar-refractivity contribution < 1.29 is 14.3 Å². The highest BCUT2D eigenvalue weighted by Crippen LogP contribution is 2.21. The highest BCUT2D eigenvalue weighted by Gasteiger charge is 2.12. The zero-order valence-electron chi connectivity index (χ0n) is 10.8. The molecule has 2 aromatic rings. The number of halogens is 2. The number of ether oxygens (including phenoxy) is 1. The van der Waals surface area contributed by atoms with Gasteiger partial charge >= 0.3 is 5.97 Å². The molecule has 4 nitrogen and oxygen atoms in total. The lowest BCUT2D eigenvalue weighted by Crippen LogP contribution is -2.28. The number of thiophene rings is 1.